The zero-order valence-electron chi connectivity index (χ0n) is 17.6. The van der Waals surface area contributed by atoms with Gasteiger partial charge in [-0.1, -0.05) is 30.7 Å². The number of likely N-dealkylation sites (N-methyl/N-ethyl adjacent to an activating group) is 1. The van der Waals surface area contributed by atoms with Crippen LogP contribution in [-0.2, 0) is 16.1 Å². The fourth-order valence-electron chi connectivity index (χ4n) is 2.97. The summed E-state index contributed by atoms with van der Waals surface area (Å²) in [4.78, 5) is 26.9. The number of carbonyl (C=O) groups excluding carboxylic acids is 2. The molecule has 1 N–H and O–H groups in total. The Morgan fingerprint density at radius 2 is 1.60 bits per heavy atom. The van der Waals surface area contributed by atoms with Crippen molar-refractivity contribution in [2.75, 3.05) is 27.9 Å². The van der Waals surface area contributed by atoms with Crippen LogP contribution in [0.3, 0.4) is 0 Å². The Morgan fingerprint density at radius 3 is 2.10 bits per heavy atom. The van der Waals surface area contributed by atoms with Gasteiger partial charge in [0.1, 0.15) is 23.3 Å². The predicted octanol–water partition coefficient (Wildman–Crippen LogP) is 3.29. The highest BCUT2D eigenvalue weighted by molar-refractivity contribution is 6.30. The first-order valence-corrected chi connectivity index (χ1v) is 9.91. The van der Waals surface area contributed by atoms with Crippen LogP contribution < -0.4 is 19.5 Å². The van der Waals surface area contributed by atoms with Crippen LogP contribution in [0.1, 0.15) is 18.9 Å². The maximum Gasteiger partial charge on any atom is 0.261 e. The van der Waals surface area contributed by atoms with Crippen molar-refractivity contribution in [2.24, 2.45) is 0 Å². The van der Waals surface area contributed by atoms with Crippen molar-refractivity contribution in [3.05, 3.63) is 53.1 Å². The second-order valence-corrected chi connectivity index (χ2v) is 6.96. The molecule has 2 aromatic rings. The molecular weight excluding hydrogens is 408 g/mol. The van der Waals surface area contributed by atoms with Crippen LogP contribution in [0.5, 0.6) is 17.2 Å². The zero-order valence-corrected chi connectivity index (χ0v) is 18.4. The van der Waals surface area contributed by atoms with Crippen LogP contribution in [0.15, 0.2) is 42.5 Å². The Bertz CT molecular complexity index is 835. The van der Waals surface area contributed by atoms with E-state index < -0.39 is 6.04 Å². The van der Waals surface area contributed by atoms with Crippen molar-refractivity contribution in [1.82, 2.24) is 10.2 Å². The van der Waals surface area contributed by atoms with Gasteiger partial charge in [0.15, 0.2) is 6.61 Å². The lowest BCUT2D eigenvalue weighted by Crippen LogP contribution is -2.49. The van der Waals surface area contributed by atoms with Gasteiger partial charge in [-0.25, -0.2) is 0 Å². The smallest absolute Gasteiger partial charge is 0.261 e. The van der Waals surface area contributed by atoms with Crippen LogP contribution in [-0.4, -0.2) is 50.6 Å². The van der Waals surface area contributed by atoms with Crippen molar-refractivity contribution < 1.29 is 23.8 Å². The number of hydrogen-bond acceptors (Lipinski definition) is 5. The van der Waals surface area contributed by atoms with Gasteiger partial charge in [0.05, 0.1) is 14.2 Å². The van der Waals surface area contributed by atoms with E-state index in [2.05, 4.69) is 5.32 Å². The molecule has 2 rings (SSSR count). The number of hydrogen-bond donors (Lipinski definition) is 1. The van der Waals surface area contributed by atoms with Gasteiger partial charge in [0, 0.05) is 36.8 Å². The summed E-state index contributed by atoms with van der Waals surface area (Å²) in [5.74, 6) is 0.974. The standard InChI is InChI=1S/C22H27ClN2O5/c1-5-20(22(27)24-2)25(13-15-6-8-16(23)9-7-15)21(26)14-30-19-11-17(28-3)10-18(12-19)29-4/h6-12,20H,5,13-14H2,1-4H3,(H,24,27)/t20-/m1/s1. The Balaban J connectivity index is 2.21. The molecule has 0 bridgehead atoms. The molecule has 0 spiro atoms. The predicted molar refractivity (Wildman–Crippen MR) is 115 cm³/mol. The number of benzene rings is 2. The molecule has 0 aliphatic rings. The van der Waals surface area contributed by atoms with Gasteiger partial charge in [-0.05, 0) is 24.1 Å². The lowest BCUT2D eigenvalue weighted by molar-refractivity contribution is -0.142. The molecule has 0 heterocycles. The van der Waals surface area contributed by atoms with Crippen molar-refractivity contribution in [3.63, 3.8) is 0 Å². The topological polar surface area (TPSA) is 77.1 Å². The summed E-state index contributed by atoms with van der Waals surface area (Å²) in [6, 6.07) is 11.6. The van der Waals surface area contributed by atoms with Gasteiger partial charge in [0.2, 0.25) is 5.91 Å². The monoisotopic (exact) mass is 434 g/mol. The Kier molecular flexibility index (Phi) is 8.80. The molecule has 0 aliphatic heterocycles. The molecule has 162 valence electrons. The normalized spacial score (nSPS) is 11.4. The van der Waals surface area contributed by atoms with Gasteiger partial charge < -0.3 is 24.4 Å². The maximum absolute atomic E-state index is 13.0. The zero-order chi connectivity index (χ0) is 22.1. The number of rotatable bonds is 10. The average molecular weight is 435 g/mol. The molecule has 2 aromatic carbocycles. The summed E-state index contributed by atoms with van der Waals surface area (Å²) in [5.41, 5.74) is 0.859. The molecule has 0 fully saturated rings. The minimum absolute atomic E-state index is 0.233. The van der Waals surface area contributed by atoms with E-state index in [4.69, 9.17) is 25.8 Å². The third kappa shape index (κ3) is 6.29. The number of nitrogens with zero attached hydrogens (tertiary/aromatic N) is 1. The molecule has 0 saturated heterocycles. The van der Waals surface area contributed by atoms with Crippen LogP contribution in [0, 0.1) is 0 Å². The van der Waals surface area contributed by atoms with Crippen molar-refractivity contribution >= 4 is 23.4 Å². The fourth-order valence-corrected chi connectivity index (χ4v) is 3.09. The highest BCUT2D eigenvalue weighted by Crippen LogP contribution is 2.27. The quantitative estimate of drug-likeness (QED) is 0.621. The highest BCUT2D eigenvalue weighted by Gasteiger charge is 2.28. The maximum atomic E-state index is 13.0. The van der Waals surface area contributed by atoms with E-state index in [1.807, 2.05) is 19.1 Å². The summed E-state index contributed by atoms with van der Waals surface area (Å²) in [6.45, 7) is 1.87. The van der Waals surface area contributed by atoms with Gasteiger partial charge in [-0.3, -0.25) is 9.59 Å². The van der Waals surface area contributed by atoms with E-state index in [9.17, 15) is 9.59 Å². The first-order chi connectivity index (χ1) is 14.4. The minimum Gasteiger partial charge on any atom is -0.496 e. The van der Waals surface area contributed by atoms with Crippen LogP contribution in [0.4, 0.5) is 0 Å². The molecule has 2 amide bonds. The number of ether oxygens (including phenoxy) is 3. The number of nitrogens with one attached hydrogen (secondary N) is 1. The van der Waals surface area contributed by atoms with Gasteiger partial charge in [-0.15, -0.1) is 0 Å². The fraction of sp³-hybridized carbons (Fsp3) is 0.364. The molecule has 0 aliphatic carbocycles. The van der Waals surface area contributed by atoms with E-state index in [-0.39, 0.29) is 25.0 Å². The van der Waals surface area contributed by atoms with Gasteiger partial charge in [-0.2, -0.15) is 0 Å². The molecule has 0 radical (unpaired) electrons. The molecule has 0 saturated carbocycles. The Hall–Kier alpha value is -2.93. The SMILES string of the molecule is CC[C@H](C(=O)NC)N(Cc1ccc(Cl)cc1)C(=O)COc1cc(OC)cc(OC)c1. The summed E-state index contributed by atoms with van der Waals surface area (Å²) in [7, 11) is 4.62. The number of methoxy groups -OCH3 is 2. The molecule has 8 heteroatoms. The summed E-state index contributed by atoms with van der Waals surface area (Å²) in [6.07, 6.45) is 0.464. The Labute approximate surface area is 181 Å². The molecular formula is C22H27ClN2O5. The van der Waals surface area contributed by atoms with Gasteiger partial charge >= 0.3 is 0 Å². The third-order valence-electron chi connectivity index (χ3n) is 4.59. The molecule has 0 unspecified atom stereocenters. The molecule has 7 nitrogen and oxygen atoms in total. The number of halogens is 1. The van der Waals surface area contributed by atoms with E-state index >= 15 is 0 Å². The van der Waals surface area contributed by atoms with Crippen LogP contribution in [0.25, 0.3) is 0 Å². The largest absolute Gasteiger partial charge is 0.496 e. The molecule has 0 aromatic heterocycles. The van der Waals surface area contributed by atoms with Crippen molar-refractivity contribution in [2.45, 2.75) is 25.9 Å². The summed E-state index contributed by atoms with van der Waals surface area (Å²) < 4.78 is 16.1. The highest BCUT2D eigenvalue weighted by atomic mass is 35.5. The summed E-state index contributed by atoms with van der Waals surface area (Å²) >= 11 is 5.96. The molecule has 30 heavy (non-hydrogen) atoms. The summed E-state index contributed by atoms with van der Waals surface area (Å²) in [5, 5.41) is 3.22. The Morgan fingerprint density at radius 1 is 1.03 bits per heavy atom. The van der Waals surface area contributed by atoms with Crippen molar-refractivity contribution in [3.8, 4) is 17.2 Å². The van der Waals surface area contributed by atoms with Crippen LogP contribution in [0.2, 0.25) is 5.02 Å². The average Bonchev–Trinajstić information content (AvgIpc) is 2.77. The molecule has 1 atom stereocenters. The van der Waals surface area contributed by atoms with E-state index in [1.165, 1.54) is 19.1 Å². The first-order valence-electron chi connectivity index (χ1n) is 9.53. The second kappa shape index (κ2) is 11.3. The van der Waals surface area contributed by atoms with Gasteiger partial charge in [0.25, 0.3) is 5.91 Å². The lowest BCUT2D eigenvalue weighted by Gasteiger charge is -2.30. The lowest BCUT2D eigenvalue weighted by atomic mass is 10.1. The number of amides is 2. The second-order valence-electron chi connectivity index (χ2n) is 6.52. The first kappa shape index (κ1) is 23.3. The third-order valence-corrected chi connectivity index (χ3v) is 4.84. The van der Waals surface area contributed by atoms with E-state index in [0.29, 0.717) is 28.7 Å². The van der Waals surface area contributed by atoms with E-state index in [0.717, 1.165) is 5.56 Å². The van der Waals surface area contributed by atoms with E-state index in [1.54, 1.807) is 37.4 Å². The van der Waals surface area contributed by atoms with Crippen LogP contribution >= 0.6 is 11.6 Å². The minimum atomic E-state index is -0.623. The number of carbonyl (C=O) groups is 2. The van der Waals surface area contributed by atoms with Crippen molar-refractivity contribution in [1.29, 1.82) is 0 Å².